The monoisotopic (exact) mass is 442 g/mol. The Morgan fingerprint density at radius 1 is 1.14 bits per heavy atom. The normalized spacial score (nSPS) is 20.8. The van der Waals surface area contributed by atoms with E-state index >= 15 is 0 Å². The van der Waals surface area contributed by atoms with E-state index in [1.807, 2.05) is 0 Å². The molecule has 2 aliphatic heterocycles. The van der Waals surface area contributed by atoms with Crippen LogP contribution in [0.2, 0.25) is 0 Å². The molecule has 0 saturated carbocycles. The summed E-state index contributed by atoms with van der Waals surface area (Å²) >= 11 is 1.05. The van der Waals surface area contributed by atoms with E-state index in [4.69, 9.17) is 0 Å². The molecule has 1 atom stereocenters. The van der Waals surface area contributed by atoms with Gasteiger partial charge in [-0.25, -0.2) is 18.6 Å². The first-order chi connectivity index (χ1) is 13.9. The Balaban J connectivity index is 1.48. The number of aromatic nitrogens is 1. The molecule has 2 aromatic rings. The Hall–Kier alpha value is -2.14. The van der Waals surface area contributed by atoms with Crippen molar-refractivity contribution < 1.29 is 22.6 Å². The Labute approximate surface area is 172 Å². The molecule has 1 unspecified atom stereocenters. The number of rotatable bonds is 2. The van der Waals surface area contributed by atoms with Gasteiger partial charge in [-0.2, -0.15) is 0 Å². The van der Waals surface area contributed by atoms with Gasteiger partial charge in [-0.1, -0.05) is 11.3 Å². The molecule has 4 rings (SSSR count). The summed E-state index contributed by atoms with van der Waals surface area (Å²) in [5.74, 6) is -1.42. The van der Waals surface area contributed by atoms with E-state index in [9.17, 15) is 22.6 Å². The number of carbonyl (C=O) groups excluding carboxylic acids is 2. The summed E-state index contributed by atoms with van der Waals surface area (Å²) in [6, 6.07) is 1.20. The molecule has 0 spiro atoms. The predicted molar refractivity (Wildman–Crippen MR) is 107 cm³/mol. The average Bonchev–Trinajstić information content (AvgIpc) is 3.09. The minimum atomic E-state index is -0.993. The van der Waals surface area contributed by atoms with Crippen LogP contribution in [0, 0.1) is 11.6 Å². The minimum absolute atomic E-state index is 0.213. The summed E-state index contributed by atoms with van der Waals surface area (Å²) in [5.41, 5.74) is 0.266. The number of fused-ring (bicyclic) bond motifs is 1. The number of likely N-dealkylation sites (tertiary alicyclic amines) is 1. The Morgan fingerprint density at radius 2 is 1.86 bits per heavy atom. The van der Waals surface area contributed by atoms with Gasteiger partial charge in [0, 0.05) is 48.0 Å². The fraction of sp³-hybridized carbons (Fsp3) is 0.500. The molecule has 2 saturated heterocycles. The van der Waals surface area contributed by atoms with Gasteiger partial charge in [0.25, 0.3) is 0 Å². The standard InChI is InChI=1S/C18H20F2N4O3S2/c19-11-9-13-15(10-12(11)20)28-17(21-13)22-16(25)14-3-1-2-4-24(14)18(26)23-5-7-29(27)8-6-23/h9-10,14H,1-8H2,(H,21,22,25). The Kier molecular flexibility index (Phi) is 5.77. The highest BCUT2D eigenvalue weighted by molar-refractivity contribution is 7.85. The van der Waals surface area contributed by atoms with Gasteiger partial charge in [0.2, 0.25) is 5.91 Å². The number of thiazole rings is 1. The van der Waals surface area contributed by atoms with Crippen LogP contribution in [0.1, 0.15) is 19.3 Å². The third-order valence-electron chi connectivity index (χ3n) is 5.16. The maximum atomic E-state index is 13.4. The van der Waals surface area contributed by atoms with Crippen molar-refractivity contribution in [3.8, 4) is 0 Å². The lowest BCUT2D eigenvalue weighted by molar-refractivity contribution is -0.121. The van der Waals surface area contributed by atoms with Gasteiger partial charge in [-0.15, -0.1) is 0 Å². The van der Waals surface area contributed by atoms with Gasteiger partial charge in [-0.3, -0.25) is 9.00 Å². The lowest BCUT2D eigenvalue weighted by Crippen LogP contribution is -2.56. The van der Waals surface area contributed by atoms with E-state index < -0.39 is 28.5 Å². The number of halogens is 2. The average molecular weight is 443 g/mol. The lowest BCUT2D eigenvalue weighted by atomic mass is 10.0. The minimum Gasteiger partial charge on any atom is -0.323 e. The molecule has 2 aliphatic rings. The maximum absolute atomic E-state index is 13.4. The van der Waals surface area contributed by atoms with Crippen LogP contribution in [0.25, 0.3) is 10.2 Å². The fourth-order valence-corrected chi connectivity index (χ4v) is 5.54. The van der Waals surface area contributed by atoms with E-state index in [0.29, 0.717) is 42.3 Å². The van der Waals surface area contributed by atoms with Gasteiger partial charge >= 0.3 is 6.03 Å². The molecule has 0 radical (unpaired) electrons. The van der Waals surface area contributed by atoms with Gasteiger partial charge in [0.05, 0.1) is 10.2 Å². The van der Waals surface area contributed by atoms with Crippen LogP contribution < -0.4 is 5.32 Å². The fourth-order valence-electron chi connectivity index (χ4n) is 3.61. The van der Waals surface area contributed by atoms with Crippen LogP contribution in [0.15, 0.2) is 12.1 Å². The summed E-state index contributed by atoms with van der Waals surface area (Å²) in [4.78, 5) is 33.2. The molecule has 1 aromatic carbocycles. The number of hydrogen-bond acceptors (Lipinski definition) is 5. The number of hydrogen-bond donors (Lipinski definition) is 1. The van der Waals surface area contributed by atoms with Crippen LogP contribution in [-0.4, -0.2) is 68.1 Å². The SMILES string of the molecule is O=C(Nc1nc2cc(F)c(F)cc2s1)C1CCCCN1C(=O)N1CCS(=O)CC1. The van der Waals surface area contributed by atoms with Crippen LogP contribution in [0.3, 0.4) is 0 Å². The number of urea groups is 1. The quantitative estimate of drug-likeness (QED) is 0.775. The highest BCUT2D eigenvalue weighted by Gasteiger charge is 2.35. The number of piperidine rings is 1. The molecule has 3 amide bonds. The molecular formula is C18H20F2N4O3S2. The maximum Gasteiger partial charge on any atom is 0.320 e. The second-order valence-corrected chi connectivity index (χ2v) is 9.79. The van der Waals surface area contributed by atoms with Gasteiger partial charge < -0.3 is 15.1 Å². The second-order valence-electron chi connectivity index (χ2n) is 7.06. The summed E-state index contributed by atoms with van der Waals surface area (Å²) in [5, 5.41) is 2.93. The topological polar surface area (TPSA) is 82.6 Å². The molecule has 1 aromatic heterocycles. The predicted octanol–water partition coefficient (Wildman–Crippen LogP) is 2.55. The van der Waals surface area contributed by atoms with Crippen LogP contribution in [0.4, 0.5) is 18.7 Å². The highest BCUT2D eigenvalue weighted by atomic mass is 32.2. The molecular weight excluding hydrogens is 422 g/mol. The number of amides is 3. The molecule has 11 heteroatoms. The van der Waals surface area contributed by atoms with Crippen LogP contribution >= 0.6 is 11.3 Å². The molecule has 0 aliphatic carbocycles. The van der Waals surface area contributed by atoms with E-state index in [1.165, 1.54) is 0 Å². The first-order valence-electron chi connectivity index (χ1n) is 9.39. The molecule has 3 heterocycles. The van der Waals surface area contributed by atoms with Crippen molar-refractivity contribution in [2.24, 2.45) is 0 Å². The second kappa shape index (κ2) is 8.31. The van der Waals surface area contributed by atoms with E-state index in [2.05, 4.69) is 10.3 Å². The van der Waals surface area contributed by atoms with Crippen molar-refractivity contribution in [2.75, 3.05) is 36.5 Å². The third-order valence-corrected chi connectivity index (χ3v) is 7.37. The summed E-state index contributed by atoms with van der Waals surface area (Å²) < 4.78 is 38.8. The van der Waals surface area contributed by atoms with Crippen molar-refractivity contribution in [3.05, 3.63) is 23.8 Å². The molecule has 29 heavy (non-hydrogen) atoms. The Bertz CT molecular complexity index is 934. The summed E-state index contributed by atoms with van der Waals surface area (Å²) in [6.45, 7) is 1.32. The van der Waals surface area contributed by atoms with Gasteiger partial charge in [0.15, 0.2) is 16.8 Å². The van der Waals surface area contributed by atoms with E-state index in [1.54, 1.807) is 9.80 Å². The Morgan fingerprint density at radius 3 is 2.62 bits per heavy atom. The molecule has 1 N–H and O–H groups in total. The van der Waals surface area contributed by atoms with E-state index in [0.717, 1.165) is 36.3 Å². The van der Waals surface area contributed by atoms with Crippen molar-refractivity contribution >= 4 is 49.4 Å². The number of carbonyl (C=O) groups is 2. The summed E-state index contributed by atoms with van der Waals surface area (Å²) in [6.07, 6.45) is 2.17. The molecule has 0 bridgehead atoms. The van der Waals surface area contributed by atoms with Crippen LogP contribution in [-0.2, 0) is 15.6 Å². The van der Waals surface area contributed by atoms with Crippen molar-refractivity contribution in [1.82, 2.24) is 14.8 Å². The van der Waals surface area contributed by atoms with Gasteiger partial charge in [0.1, 0.15) is 6.04 Å². The van der Waals surface area contributed by atoms with Gasteiger partial charge in [-0.05, 0) is 25.3 Å². The molecule has 156 valence electrons. The lowest BCUT2D eigenvalue weighted by Gasteiger charge is -2.39. The smallest absolute Gasteiger partial charge is 0.320 e. The molecule has 7 nitrogen and oxygen atoms in total. The highest BCUT2D eigenvalue weighted by Crippen LogP contribution is 2.29. The van der Waals surface area contributed by atoms with Crippen molar-refractivity contribution in [1.29, 1.82) is 0 Å². The summed E-state index contributed by atoms with van der Waals surface area (Å²) in [7, 11) is -0.890. The number of anilines is 1. The van der Waals surface area contributed by atoms with Crippen molar-refractivity contribution in [2.45, 2.75) is 25.3 Å². The largest absolute Gasteiger partial charge is 0.323 e. The number of nitrogens with one attached hydrogen (secondary N) is 1. The van der Waals surface area contributed by atoms with Crippen molar-refractivity contribution in [3.63, 3.8) is 0 Å². The molecule has 2 fully saturated rings. The third kappa shape index (κ3) is 4.25. The number of nitrogens with zero attached hydrogens (tertiary/aromatic N) is 3. The zero-order chi connectivity index (χ0) is 20.5. The van der Waals surface area contributed by atoms with Crippen LogP contribution in [0.5, 0.6) is 0 Å². The van der Waals surface area contributed by atoms with E-state index in [-0.39, 0.29) is 22.6 Å². The zero-order valence-electron chi connectivity index (χ0n) is 15.5. The first-order valence-corrected chi connectivity index (χ1v) is 11.7. The number of benzene rings is 1. The zero-order valence-corrected chi connectivity index (χ0v) is 17.2. The first kappa shape index (κ1) is 20.1.